The van der Waals surface area contributed by atoms with Crippen molar-refractivity contribution >= 4 is 0 Å². The summed E-state index contributed by atoms with van der Waals surface area (Å²) in [5.41, 5.74) is 5.06. The van der Waals surface area contributed by atoms with Gasteiger partial charge in [0.25, 0.3) is 0 Å². The average Bonchev–Trinajstić information content (AvgIpc) is 2.78. The normalized spacial score (nSPS) is 25.1. The van der Waals surface area contributed by atoms with Crippen molar-refractivity contribution in [2.45, 2.75) is 52.0 Å². The molecule has 0 aliphatic carbocycles. The molecule has 122 valence electrons. The molecule has 1 fully saturated rings. The summed E-state index contributed by atoms with van der Waals surface area (Å²) >= 11 is 0. The molecule has 3 rings (SSSR count). The zero-order valence-corrected chi connectivity index (χ0v) is 14.4. The van der Waals surface area contributed by atoms with Gasteiger partial charge in [0, 0.05) is 30.6 Å². The van der Waals surface area contributed by atoms with Crippen molar-refractivity contribution < 1.29 is 0 Å². The number of nitrogens with zero attached hydrogens (tertiary/aromatic N) is 2. The molecule has 1 aliphatic heterocycles. The average molecular weight is 309 g/mol. The Bertz CT molecular complexity index is 597. The third kappa shape index (κ3) is 3.61. The van der Waals surface area contributed by atoms with E-state index in [4.69, 9.17) is 0 Å². The highest BCUT2D eigenvalue weighted by molar-refractivity contribution is 5.24. The number of pyridine rings is 2. The molecule has 2 aromatic rings. The van der Waals surface area contributed by atoms with Crippen molar-refractivity contribution in [3.05, 3.63) is 59.2 Å². The van der Waals surface area contributed by atoms with Crippen LogP contribution in [0.2, 0.25) is 0 Å². The zero-order chi connectivity index (χ0) is 16.2. The van der Waals surface area contributed by atoms with Gasteiger partial charge in [0.1, 0.15) is 0 Å². The Balaban J connectivity index is 1.85. The second kappa shape index (κ2) is 7.22. The minimum Gasteiger partial charge on any atom is -0.308 e. The van der Waals surface area contributed by atoms with E-state index in [-0.39, 0.29) is 0 Å². The molecule has 0 bridgehead atoms. The van der Waals surface area contributed by atoms with Crippen molar-refractivity contribution in [3.63, 3.8) is 0 Å². The van der Waals surface area contributed by atoms with Crippen molar-refractivity contribution in [3.8, 4) is 0 Å². The molecule has 3 heterocycles. The zero-order valence-electron chi connectivity index (χ0n) is 14.4. The molecule has 23 heavy (non-hydrogen) atoms. The van der Waals surface area contributed by atoms with Gasteiger partial charge >= 0.3 is 0 Å². The van der Waals surface area contributed by atoms with Crippen LogP contribution in [0.1, 0.15) is 60.7 Å². The molecule has 0 radical (unpaired) electrons. The summed E-state index contributed by atoms with van der Waals surface area (Å²) in [5.74, 6) is 1.21. The van der Waals surface area contributed by atoms with Crippen LogP contribution in [-0.2, 0) is 0 Å². The fourth-order valence-electron chi connectivity index (χ4n) is 3.82. The lowest BCUT2D eigenvalue weighted by Gasteiger charge is -2.20. The van der Waals surface area contributed by atoms with Crippen LogP contribution < -0.4 is 5.32 Å². The Morgan fingerprint density at radius 3 is 2.26 bits per heavy atom. The highest BCUT2D eigenvalue weighted by Crippen LogP contribution is 2.35. The Morgan fingerprint density at radius 2 is 1.65 bits per heavy atom. The second-order valence-electron chi connectivity index (χ2n) is 6.81. The minimum atomic E-state index is 0.357. The smallest absolute Gasteiger partial charge is 0.0602 e. The molecule has 1 N–H and O–H groups in total. The quantitative estimate of drug-likeness (QED) is 0.917. The molecular weight excluding hydrogens is 282 g/mol. The van der Waals surface area contributed by atoms with E-state index in [1.807, 2.05) is 24.5 Å². The first-order valence-corrected chi connectivity index (χ1v) is 8.75. The number of aromatic nitrogens is 2. The maximum atomic E-state index is 4.67. The SMILES string of the molecule is CCC1C[C@@H](c2ncccc2C)CN[C@@H](c2ncccc2C)C1. The summed E-state index contributed by atoms with van der Waals surface area (Å²) in [4.78, 5) is 9.32. The molecule has 1 unspecified atom stereocenters. The minimum absolute atomic E-state index is 0.357. The first-order chi connectivity index (χ1) is 11.2. The maximum Gasteiger partial charge on any atom is 0.0602 e. The molecule has 0 spiro atoms. The molecule has 3 heteroatoms. The van der Waals surface area contributed by atoms with E-state index in [0.29, 0.717) is 17.9 Å². The van der Waals surface area contributed by atoms with Gasteiger partial charge in [0.15, 0.2) is 0 Å². The van der Waals surface area contributed by atoms with Crippen molar-refractivity contribution in [2.24, 2.45) is 5.92 Å². The van der Waals surface area contributed by atoms with E-state index in [0.717, 1.165) is 13.0 Å². The topological polar surface area (TPSA) is 37.8 Å². The lowest BCUT2D eigenvalue weighted by atomic mass is 9.86. The molecular formula is C20H27N3. The maximum absolute atomic E-state index is 4.67. The summed E-state index contributed by atoms with van der Waals surface area (Å²) in [5, 5.41) is 3.78. The number of rotatable bonds is 3. The Morgan fingerprint density at radius 1 is 1.00 bits per heavy atom. The number of hydrogen-bond acceptors (Lipinski definition) is 3. The molecule has 1 saturated heterocycles. The van der Waals surface area contributed by atoms with Crippen molar-refractivity contribution in [1.82, 2.24) is 15.3 Å². The van der Waals surface area contributed by atoms with Gasteiger partial charge in [-0.1, -0.05) is 25.5 Å². The van der Waals surface area contributed by atoms with Gasteiger partial charge in [-0.2, -0.15) is 0 Å². The number of aryl methyl sites for hydroxylation is 2. The predicted octanol–water partition coefficient (Wildman–Crippen LogP) is 4.33. The summed E-state index contributed by atoms with van der Waals surface area (Å²) in [7, 11) is 0. The van der Waals surface area contributed by atoms with Gasteiger partial charge in [-0.25, -0.2) is 0 Å². The summed E-state index contributed by atoms with van der Waals surface area (Å²) in [6.45, 7) is 7.63. The predicted molar refractivity (Wildman–Crippen MR) is 94.4 cm³/mol. The second-order valence-corrected chi connectivity index (χ2v) is 6.81. The highest BCUT2D eigenvalue weighted by atomic mass is 15.0. The van der Waals surface area contributed by atoms with Crippen LogP contribution in [0.15, 0.2) is 36.7 Å². The number of hydrogen-bond donors (Lipinski definition) is 1. The fraction of sp³-hybridized carbons (Fsp3) is 0.500. The first-order valence-electron chi connectivity index (χ1n) is 8.75. The Kier molecular flexibility index (Phi) is 5.06. The van der Waals surface area contributed by atoms with Crippen LogP contribution in [0.5, 0.6) is 0 Å². The van der Waals surface area contributed by atoms with E-state index in [2.05, 4.69) is 48.2 Å². The van der Waals surface area contributed by atoms with Crippen LogP contribution >= 0.6 is 0 Å². The monoisotopic (exact) mass is 309 g/mol. The molecule has 3 nitrogen and oxygen atoms in total. The van der Waals surface area contributed by atoms with Crippen LogP contribution in [-0.4, -0.2) is 16.5 Å². The third-order valence-electron chi connectivity index (χ3n) is 5.19. The molecule has 0 saturated carbocycles. The van der Waals surface area contributed by atoms with E-state index >= 15 is 0 Å². The standard InChI is InChI=1S/C20H27N3/c1-4-16-11-17(19-14(2)7-5-9-21-19)13-23-18(12-16)20-15(3)8-6-10-22-20/h5-10,16-18,23H,4,11-13H2,1-3H3/t16?,17-,18-/m1/s1. The van der Waals surface area contributed by atoms with Gasteiger partial charge in [-0.3, -0.25) is 9.97 Å². The van der Waals surface area contributed by atoms with Crippen LogP contribution in [0, 0.1) is 19.8 Å². The van der Waals surface area contributed by atoms with Gasteiger partial charge in [-0.15, -0.1) is 0 Å². The third-order valence-corrected chi connectivity index (χ3v) is 5.19. The Labute approximate surface area is 139 Å². The number of nitrogens with one attached hydrogen (secondary N) is 1. The lowest BCUT2D eigenvalue weighted by molar-refractivity contribution is 0.395. The van der Waals surface area contributed by atoms with Gasteiger partial charge in [0.2, 0.25) is 0 Å². The molecule has 0 aromatic carbocycles. The Hall–Kier alpha value is -1.74. The highest BCUT2D eigenvalue weighted by Gasteiger charge is 2.28. The van der Waals surface area contributed by atoms with Gasteiger partial charge < -0.3 is 5.32 Å². The van der Waals surface area contributed by atoms with E-state index in [1.54, 1.807) is 0 Å². The van der Waals surface area contributed by atoms with Crippen molar-refractivity contribution in [2.75, 3.05) is 6.54 Å². The van der Waals surface area contributed by atoms with E-state index in [9.17, 15) is 0 Å². The summed E-state index contributed by atoms with van der Waals surface area (Å²) in [6.07, 6.45) is 7.43. The van der Waals surface area contributed by atoms with E-state index in [1.165, 1.54) is 35.4 Å². The summed E-state index contributed by atoms with van der Waals surface area (Å²) in [6, 6.07) is 8.74. The fourth-order valence-corrected chi connectivity index (χ4v) is 3.82. The largest absolute Gasteiger partial charge is 0.308 e. The summed E-state index contributed by atoms with van der Waals surface area (Å²) < 4.78 is 0. The van der Waals surface area contributed by atoms with Crippen LogP contribution in [0.25, 0.3) is 0 Å². The van der Waals surface area contributed by atoms with Crippen LogP contribution in [0.3, 0.4) is 0 Å². The van der Waals surface area contributed by atoms with Gasteiger partial charge in [0.05, 0.1) is 11.7 Å². The van der Waals surface area contributed by atoms with E-state index < -0.39 is 0 Å². The van der Waals surface area contributed by atoms with Crippen molar-refractivity contribution in [1.29, 1.82) is 0 Å². The molecule has 3 atom stereocenters. The van der Waals surface area contributed by atoms with Gasteiger partial charge in [-0.05, 0) is 55.9 Å². The molecule has 1 aliphatic rings. The molecule has 2 aromatic heterocycles. The first kappa shape index (κ1) is 16.1. The lowest BCUT2D eigenvalue weighted by Crippen LogP contribution is -2.25. The molecule has 0 amide bonds. The van der Waals surface area contributed by atoms with Crippen LogP contribution in [0.4, 0.5) is 0 Å².